The second-order valence-corrected chi connectivity index (χ2v) is 7.69. The molecule has 0 unspecified atom stereocenters. The number of halogens is 1. The summed E-state index contributed by atoms with van der Waals surface area (Å²) in [4.78, 5) is 12.0. The predicted molar refractivity (Wildman–Crippen MR) is 94.9 cm³/mol. The smallest absolute Gasteiger partial charge is 0.241 e. The van der Waals surface area contributed by atoms with Gasteiger partial charge >= 0.3 is 0 Å². The molecule has 1 aromatic carbocycles. The quantitative estimate of drug-likeness (QED) is 0.694. The van der Waals surface area contributed by atoms with Crippen LogP contribution in [0.5, 0.6) is 5.75 Å². The van der Waals surface area contributed by atoms with Gasteiger partial charge in [-0.1, -0.05) is 24.9 Å². The summed E-state index contributed by atoms with van der Waals surface area (Å²) in [6.45, 7) is 7.64. The number of carbonyl (C=O) groups is 1. The molecule has 1 rings (SSSR count). The Bertz CT molecular complexity index is 664. The summed E-state index contributed by atoms with van der Waals surface area (Å²) in [5.74, 6) is 0.0499. The van der Waals surface area contributed by atoms with Crippen LogP contribution in [0.1, 0.15) is 40.5 Å². The van der Waals surface area contributed by atoms with Crippen molar-refractivity contribution in [1.29, 1.82) is 0 Å². The topological polar surface area (TPSA) is 84.5 Å². The van der Waals surface area contributed by atoms with Crippen LogP contribution in [0.3, 0.4) is 0 Å². The van der Waals surface area contributed by atoms with E-state index < -0.39 is 16.1 Å². The van der Waals surface area contributed by atoms with E-state index >= 15 is 0 Å². The summed E-state index contributed by atoms with van der Waals surface area (Å²) >= 11 is 6.02. The monoisotopic (exact) mass is 376 g/mol. The van der Waals surface area contributed by atoms with Gasteiger partial charge < -0.3 is 10.1 Å². The van der Waals surface area contributed by atoms with Gasteiger partial charge in [0, 0.05) is 6.04 Å². The minimum absolute atomic E-state index is 0.00521. The third-order valence-electron chi connectivity index (χ3n) is 3.35. The van der Waals surface area contributed by atoms with E-state index in [1.54, 1.807) is 0 Å². The average molecular weight is 377 g/mol. The summed E-state index contributed by atoms with van der Waals surface area (Å²) in [5, 5.41) is 2.98. The minimum Gasteiger partial charge on any atom is -0.492 e. The predicted octanol–water partition coefficient (Wildman–Crippen LogP) is 2.71. The van der Waals surface area contributed by atoms with Crippen molar-refractivity contribution >= 4 is 27.5 Å². The zero-order valence-electron chi connectivity index (χ0n) is 14.4. The number of ether oxygens (including phenoxy) is 1. The molecule has 0 aromatic heterocycles. The fourth-order valence-corrected chi connectivity index (χ4v) is 3.68. The molecule has 0 bridgehead atoms. The van der Waals surface area contributed by atoms with Crippen molar-refractivity contribution in [3.05, 3.63) is 23.2 Å². The Morgan fingerprint density at radius 3 is 2.50 bits per heavy atom. The fraction of sp³-hybridized carbons (Fsp3) is 0.562. The van der Waals surface area contributed by atoms with E-state index in [4.69, 9.17) is 16.3 Å². The van der Waals surface area contributed by atoms with Gasteiger partial charge in [-0.25, -0.2) is 8.42 Å². The molecule has 6 nitrogen and oxygen atoms in total. The van der Waals surface area contributed by atoms with E-state index in [1.807, 2.05) is 20.8 Å². The van der Waals surface area contributed by atoms with Gasteiger partial charge in [-0.05, 0) is 45.4 Å². The van der Waals surface area contributed by atoms with E-state index in [1.165, 1.54) is 25.1 Å². The second kappa shape index (κ2) is 9.25. The Kier molecular flexibility index (Phi) is 7.99. The molecule has 136 valence electrons. The Morgan fingerprint density at radius 2 is 1.96 bits per heavy atom. The van der Waals surface area contributed by atoms with Crippen LogP contribution in [0.25, 0.3) is 0 Å². The molecule has 1 aromatic rings. The fourth-order valence-electron chi connectivity index (χ4n) is 2.15. The van der Waals surface area contributed by atoms with Crippen LogP contribution in [0.2, 0.25) is 5.02 Å². The molecule has 0 heterocycles. The lowest BCUT2D eigenvalue weighted by Crippen LogP contribution is -2.47. The van der Waals surface area contributed by atoms with Gasteiger partial charge in [0.2, 0.25) is 15.9 Å². The van der Waals surface area contributed by atoms with Crippen molar-refractivity contribution in [3.8, 4) is 5.75 Å². The molecule has 0 aliphatic heterocycles. The normalized spacial score (nSPS) is 14.0. The molecular weight excluding hydrogens is 352 g/mol. The molecule has 1 amide bonds. The maximum Gasteiger partial charge on any atom is 0.241 e. The lowest BCUT2D eigenvalue weighted by molar-refractivity contribution is -0.123. The van der Waals surface area contributed by atoms with Crippen LogP contribution in [-0.2, 0) is 14.8 Å². The van der Waals surface area contributed by atoms with E-state index in [2.05, 4.69) is 10.0 Å². The van der Waals surface area contributed by atoms with Gasteiger partial charge in [-0.15, -0.1) is 0 Å². The van der Waals surface area contributed by atoms with E-state index in [0.29, 0.717) is 12.4 Å². The van der Waals surface area contributed by atoms with Crippen LogP contribution in [0.15, 0.2) is 23.1 Å². The van der Waals surface area contributed by atoms with Crippen LogP contribution in [0.4, 0.5) is 0 Å². The van der Waals surface area contributed by atoms with Crippen LogP contribution in [0, 0.1) is 0 Å². The largest absolute Gasteiger partial charge is 0.492 e. The summed E-state index contributed by atoms with van der Waals surface area (Å²) in [5.41, 5.74) is 0. The highest BCUT2D eigenvalue weighted by Crippen LogP contribution is 2.27. The molecule has 0 saturated heterocycles. The van der Waals surface area contributed by atoms with Gasteiger partial charge in [0.05, 0.1) is 22.6 Å². The number of carbonyl (C=O) groups excluding carboxylic acids is 1. The summed E-state index contributed by atoms with van der Waals surface area (Å²) in [6.07, 6.45) is 1.77. The van der Waals surface area contributed by atoms with E-state index in [0.717, 1.165) is 12.8 Å². The van der Waals surface area contributed by atoms with Crippen molar-refractivity contribution in [2.24, 2.45) is 0 Å². The Balaban J connectivity index is 2.82. The Labute approximate surface area is 149 Å². The molecule has 0 aliphatic rings. The van der Waals surface area contributed by atoms with E-state index in [9.17, 15) is 13.2 Å². The number of sulfonamides is 1. The number of nitrogens with one attached hydrogen (secondary N) is 2. The maximum absolute atomic E-state index is 12.4. The van der Waals surface area contributed by atoms with Crippen LogP contribution >= 0.6 is 11.6 Å². The van der Waals surface area contributed by atoms with Crippen molar-refractivity contribution in [2.75, 3.05) is 6.61 Å². The highest BCUT2D eigenvalue weighted by atomic mass is 35.5. The highest BCUT2D eigenvalue weighted by Gasteiger charge is 2.23. The standard InChI is InChI=1S/C16H25ClN2O4S/c1-5-7-11(3)18-16(20)12(4)19-24(21,22)13-8-9-15(23-6-2)14(17)10-13/h8-12,19H,5-7H2,1-4H3,(H,18,20)/t11-,12-/m1/s1. The zero-order valence-corrected chi connectivity index (χ0v) is 16.0. The van der Waals surface area contributed by atoms with Gasteiger partial charge in [0.15, 0.2) is 0 Å². The molecule has 24 heavy (non-hydrogen) atoms. The number of hydrogen-bond acceptors (Lipinski definition) is 4. The van der Waals surface area contributed by atoms with Crippen molar-refractivity contribution in [3.63, 3.8) is 0 Å². The SMILES string of the molecule is CCC[C@@H](C)NC(=O)[C@@H](C)NS(=O)(=O)c1ccc(OCC)c(Cl)c1. The number of benzene rings is 1. The molecular formula is C16H25ClN2O4S. The molecule has 0 fully saturated rings. The molecule has 2 atom stereocenters. The minimum atomic E-state index is -3.86. The van der Waals surface area contributed by atoms with Crippen LogP contribution < -0.4 is 14.8 Å². The maximum atomic E-state index is 12.4. The zero-order chi connectivity index (χ0) is 18.3. The first-order valence-electron chi connectivity index (χ1n) is 7.96. The molecule has 0 spiro atoms. The first-order chi connectivity index (χ1) is 11.2. The summed E-state index contributed by atoms with van der Waals surface area (Å²) in [7, 11) is -3.86. The number of amides is 1. The molecule has 2 N–H and O–H groups in total. The molecule has 0 saturated carbocycles. The molecule has 0 aliphatic carbocycles. The van der Waals surface area contributed by atoms with Crippen molar-refractivity contribution in [1.82, 2.24) is 10.0 Å². The van der Waals surface area contributed by atoms with Gasteiger partial charge in [0.25, 0.3) is 0 Å². The first-order valence-corrected chi connectivity index (χ1v) is 9.82. The summed E-state index contributed by atoms with van der Waals surface area (Å²) < 4.78 is 32.4. The molecule has 0 radical (unpaired) electrons. The van der Waals surface area contributed by atoms with Gasteiger partial charge in [0.1, 0.15) is 5.75 Å². The average Bonchev–Trinajstić information content (AvgIpc) is 2.49. The summed E-state index contributed by atoms with van der Waals surface area (Å²) in [6, 6.07) is 3.30. The Hall–Kier alpha value is -1.31. The van der Waals surface area contributed by atoms with Gasteiger partial charge in [-0.3, -0.25) is 4.79 Å². The Morgan fingerprint density at radius 1 is 1.29 bits per heavy atom. The molecule has 8 heteroatoms. The number of hydrogen-bond donors (Lipinski definition) is 2. The second-order valence-electron chi connectivity index (χ2n) is 5.57. The van der Waals surface area contributed by atoms with Crippen LogP contribution in [-0.4, -0.2) is 33.0 Å². The van der Waals surface area contributed by atoms with Crippen molar-refractivity contribution in [2.45, 2.75) is 57.5 Å². The lowest BCUT2D eigenvalue weighted by Gasteiger charge is -2.18. The third kappa shape index (κ3) is 5.96. The van der Waals surface area contributed by atoms with Gasteiger partial charge in [-0.2, -0.15) is 4.72 Å². The highest BCUT2D eigenvalue weighted by molar-refractivity contribution is 7.89. The van der Waals surface area contributed by atoms with Crippen molar-refractivity contribution < 1.29 is 17.9 Å². The van der Waals surface area contributed by atoms with E-state index in [-0.39, 0.29) is 21.9 Å². The lowest BCUT2D eigenvalue weighted by atomic mass is 10.2. The number of rotatable bonds is 9. The first kappa shape index (κ1) is 20.7. The third-order valence-corrected chi connectivity index (χ3v) is 5.18.